The third-order valence-electron chi connectivity index (χ3n) is 4.14. The van der Waals surface area contributed by atoms with Gasteiger partial charge in [0.05, 0.1) is 12.3 Å². The van der Waals surface area contributed by atoms with Gasteiger partial charge in [-0.1, -0.05) is 6.92 Å². The minimum atomic E-state index is 0.355. The Morgan fingerprint density at radius 3 is 2.95 bits per heavy atom. The van der Waals surface area contributed by atoms with Crippen LogP contribution in [0.4, 0.5) is 11.8 Å². The van der Waals surface area contributed by atoms with E-state index in [1.165, 1.54) is 6.42 Å². The van der Waals surface area contributed by atoms with E-state index in [-0.39, 0.29) is 0 Å². The number of likely N-dealkylation sites (tertiary alicyclic amines) is 1. The minimum Gasteiger partial charge on any atom is -0.383 e. The zero-order valence-corrected chi connectivity index (χ0v) is 13.4. The molecule has 1 unspecified atom stereocenters. The summed E-state index contributed by atoms with van der Waals surface area (Å²) in [5.41, 5.74) is 7.92. The van der Waals surface area contributed by atoms with Gasteiger partial charge in [-0.25, -0.2) is 4.98 Å². The van der Waals surface area contributed by atoms with Crippen molar-refractivity contribution >= 4 is 11.8 Å². The van der Waals surface area contributed by atoms with Crippen LogP contribution >= 0.6 is 0 Å². The van der Waals surface area contributed by atoms with Gasteiger partial charge in [-0.2, -0.15) is 4.98 Å². The van der Waals surface area contributed by atoms with Crippen molar-refractivity contribution in [1.29, 1.82) is 0 Å². The van der Waals surface area contributed by atoms with Crippen molar-refractivity contribution in [3.8, 4) is 0 Å². The second kappa shape index (κ2) is 7.56. The molecule has 0 saturated carbocycles. The summed E-state index contributed by atoms with van der Waals surface area (Å²) in [5.74, 6) is 1.89. The van der Waals surface area contributed by atoms with Crippen molar-refractivity contribution < 1.29 is 4.74 Å². The maximum absolute atomic E-state index is 5.78. The SMILES string of the molecule is CCc1nc(N)nc(NCC2CCN(CCOC)C2)c1C. The van der Waals surface area contributed by atoms with E-state index < -0.39 is 0 Å². The lowest BCUT2D eigenvalue weighted by molar-refractivity contribution is 0.159. The number of nitrogens with two attached hydrogens (primary N) is 1. The number of hydrogen-bond donors (Lipinski definition) is 2. The van der Waals surface area contributed by atoms with Crippen LogP contribution < -0.4 is 11.1 Å². The summed E-state index contributed by atoms with van der Waals surface area (Å²) in [7, 11) is 1.75. The number of aromatic nitrogens is 2. The molecule has 1 fully saturated rings. The summed E-state index contributed by atoms with van der Waals surface area (Å²) in [4.78, 5) is 11.1. The highest BCUT2D eigenvalue weighted by atomic mass is 16.5. The molecule has 0 aromatic carbocycles. The maximum Gasteiger partial charge on any atom is 0.222 e. The molecular formula is C15H27N5O. The molecule has 0 spiro atoms. The number of aryl methyl sites for hydroxylation is 1. The van der Waals surface area contributed by atoms with E-state index in [1.54, 1.807) is 7.11 Å². The molecule has 6 nitrogen and oxygen atoms in total. The summed E-state index contributed by atoms with van der Waals surface area (Å²) in [6.07, 6.45) is 2.10. The van der Waals surface area contributed by atoms with E-state index in [1.807, 2.05) is 0 Å². The molecular weight excluding hydrogens is 266 g/mol. The van der Waals surface area contributed by atoms with Crippen LogP contribution in [0.2, 0.25) is 0 Å². The van der Waals surface area contributed by atoms with Gasteiger partial charge in [-0.05, 0) is 32.2 Å². The van der Waals surface area contributed by atoms with Gasteiger partial charge in [0.25, 0.3) is 0 Å². The maximum atomic E-state index is 5.78. The lowest BCUT2D eigenvalue weighted by Crippen LogP contribution is -2.26. The number of rotatable bonds is 7. The smallest absolute Gasteiger partial charge is 0.222 e. The first kappa shape index (κ1) is 16.0. The molecule has 1 aromatic heterocycles. The van der Waals surface area contributed by atoms with Gasteiger partial charge in [0.15, 0.2) is 0 Å². The van der Waals surface area contributed by atoms with Gasteiger partial charge in [0.2, 0.25) is 5.95 Å². The lowest BCUT2D eigenvalue weighted by atomic mass is 10.1. The molecule has 1 aliphatic heterocycles. The Hall–Kier alpha value is -1.40. The fourth-order valence-corrected chi connectivity index (χ4v) is 2.84. The van der Waals surface area contributed by atoms with Gasteiger partial charge in [-0.15, -0.1) is 0 Å². The topological polar surface area (TPSA) is 76.3 Å². The number of nitrogens with one attached hydrogen (secondary N) is 1. The van der Waals surface area contributed by atoms with Crippen LogP contribution in [0.5, 0.6) is 0 Å². The normalized spacial score (nSPS) is 19.1. The van der Waals surface area contributed by atoms with Gasteiger partial charge in [-0.3, -0.25) is 0 Å². The summed E-state index contributed by atoms with van der Waals surface area (Å²) in [6, 6.07) is 0. The Labute approximate surface area is 127 Å². The second-order valence-corrected chi connectivity index (χ2v) is 5.68. The van der Waals surface area contributed by atoms with E-state index in [2.05, 4.69) is 34.0 Å². The molecule has 118 valence electrons. The number of nitrogens with zero attached hydrogens (tertiary/aromatic N) is 3. The molecule has 0 bridgehead atoms. The van der Waals surface area contributed by atoms with Crippen LogP contribution in [-0.2, 0) is 11.2 Å². The third-order valence-corrected chi connectivity index (χ3v) is 4.14. The van der Waals surface area contributed by atoms with Gasteiger partial charge in [0, 0.05) is 32.3 Å². The zero-order valence-electron chi connectivity index (χ0n) is 13.4. The average molecular weight is 293 g/mol. The summed E-state index contributed by atoms with van der Waals surface area (Å²) >= 11 is 0. The van der Waals surface area contributed by atoms with Crippen molar-refractivity contribution in [2.24, 2.45) is 5.92 Å². The Bertz CT molecular complexity index is 466. The lowest BCUT2D eigenvalue weighted by Gasteiger charge is -2.17. The number of anilines is 2. The Balaban J connectivity index is 1.88. The van der Waals surface area contributed by atoms with Gasteiger partial charge < -0.3 is 20.7 Å². The third kappa shape index (κ3) is 4.28. The highest BCUT2D eigenvalue weighted by Crippen LogP contribution is 2.20. The molecule has 1 aliphatic rings. The predicted molar refractivity (Wildman–Crippen MR) is 85.5 cm³/mol. The van der Waals surface area contributed by atoms with Crippen LogP contribution in [0.25, 0.3) is 0 Å². The highest BCUT2D eigenvalue weighted by molar-refractivity contribution is 5.48. The van der Waals surface area contributed by atoms with Crippen molar-refractivity contribution in [3.63, 3.8) is 0 Å². The standard InChI is InChI=1S/C15H27N5O/c1-4-13-11(2)14(19-15(16)18-13)17-9-12-5-6-20(10-12)7-8-21-3/h12H,4-10H2,1-3H3,(H3,16,17,18,19). The molecule has 2 rings (SSSR count). The van der Waals surface area contributed by atoms with Crippen LogP contribution in [0.3, 0.4) is 0 Å². The van der Waals surface area contributed by atoms with Crippen LogP contribution in [0.1, 0.15) is 24.6 Å². The fraction of sp³-hybridized carbons (Fsp3) is 0.733. The first-order valence-electron chi connectivity index (χ1n) is 7.72. The molecule has 1 aromatic rings. The Morgan fingerprint density at radius 2 is 2.24 bits per heavy atom. The molecule has 21 heavy (non-hydrogen) atoms. The molecule has 1 atom stereocenters. The van der Waals surface area contributed by atoms with E-state index in [0.717, 1.165) is 56.3 Å². The van der Waals surface area contributed by atoms with Crippen LogP contribution in [-0.4, -0.2) is 54.8 Å². The van der Waals surface area contributed by atoms with Crippen molar-refractivity contribution in [1.82, 2.24) is 14.9 Å². The molecule has 0 aliphatic carbocycles. The first-order chi connectivity index (χ1) is 10.1. The number of nitrogen functional groups attached to an aromatic ring is 1. The number of ether oxygens (including phenoxy) is 1. The molecule has 0 radical (unpaired) electrons. The fourth-order valence-electron chi connectivity index (χ4n) is 2.84. The van der Waals surface area contributed by atoms with E-state index in [0.29, 0.717) is 11.9 Å². The van der Waals surface area contributed by atoms with Crippen molar-refractivity contribution in [2.75, 3.05) is 50.9 Å². The molecule has 6 heteroatoms. The molecule has 0 amide bonds. The van der Waals surface area contributed by atoms with Crippen molar-refractivity contribution in [3.05, 3.63) is 11.3 Å². The average Bonchev–Trinajstić information content (AvgIpc) is 2.93. The van der Waals surface area contributed by atoms with E-state index in [4.69, 9.17) is 10.5 Å². The molecule has 3 N–H and O–H groups in total. The van der Waals surface area contributed by atoms with E-state index >= 15 is 0 Å². The number of hydrogen-bond acceptors (Lipinski definition) is 6. The quantitative estimate of drug-likeness (QED) is 0.789. The molecule has 2 heterocycles. The van der Waals surface area contributed by atoms with Crippen molar-refractivity contribution in [2.45, 2.75) is 26.7 Å². The monoisotopic (exact) mass is 293 g/mol. The minimum absolute atomic E-state index is 0.355. The van der Waals surface area contributed by atoms with E-state index in [9.17, 15) is 0 Å². The Kier molecular flexibility index (Phi) is 5.76. The van der Waals surface area contributed by atoms with Gasteiger partial charge >= 0.3 is 0 Å². The Morgan fingerprint density at radius 1 is 1.43 bits per heavy atom. The number of methoxy groups -OCH3 is 1. The second-order valence-electron chi connectivity index (χ2n) is 5.68. The largest absolute Gasteiger partial charge is 0.383 e. The zero-order chi connectivity index (χ0) is 15.2. The van der Waals surface area contributed by atoms with Crippen LogP contribution in [0, 0.1) is 12.8 Å². The highest BCUT2D eigenvalue weighted by Gasteiger charge is 2.22. The summed E-state index contributed by atoms with van der Waals surface area (Å²) in [6.45, 7) is 9.18. The first-order valence-corrected chi connectivity index (χ1v) is 7.72. The summed E-state index contributed by atoms with van der Waals surface area (Å²) in [5, 5.41) is 3.46. The predicted octanol–water partition coefficient (Wildman–Crippen LogP) is 1.31. The molecule has 1 saturated heterocycles. The van der Waals surface area contributed by atoms with Gasteiger partial charge in [0.1, 0.15) is 5.82 Å². The van der Waals surface area contributed by atoms with Crippen LogP contribution in [0.15, 0.2) is 0 Å². The summed E-state index contributed by atoms with van der Waals surface area (Å²) < 4.78 is 5.13.